The Morgan fingerprint density at radius 1 is 1.30 bits per heavy atom. The zero-order valence-corrected chi connectivity index (χ0v) is 11.5. The van der Waals surface area contributed by atoms with Crippen LogP contribution >= 0.6 is 0 Å². The minimum absolute atomic E-state index is 0.479. The predicted molar refractivity (Wildman–Crippen MR) is 77.9 cm³/mol. The Bertz CT molecular complexity index is 599. The first-order chi connectivity index (χ1) is 9.74. The number of aliphatic hydroxyl groups is 1. The Morgan fingerprint density at radius 3 is 3.00 bits per heavy atom. The van der Waals surface area contributed by atoms with E-state index in [0.29, 0.717) is 6.61 Å². The van der Waals surface area contributed by atoms with Crippen molar-refractivity contribution in [3.8, 4) is 5.75 Å². The lowest BCUT2D eigenvalue weighted by atomic mass is 10.1. The van der Waals surface area contributed by atoms with Gasteiger partial charge in [0.05, 0.1) is 12.6 Å². The summed E-state index contributed by atoms with van der Waals surface area (Å²) in [6.45, 7) is 3.95. The summed E-state index contributed by atoms with van der Waals surface area (Å²) in [7, 11) is 0. The van der Waals surface area contributed by atoms with Gasteiger partial charge in [0, 0.05) is 18.3 Å². The van der Waals surface area contributed by atoms with E-state index in [9.17, 15) is 5.11 Å². The normalized spacial score (nSPS) is 16.0. The van der Waals surface area contributed by atoms with Crippen LogP contribution in [-0.2, 0) is 6.54 Å². The fourth-order valence-corrected chi connectivity index (χ4v) is 2.39. The minimum atomic E-state index is -0.479. The maximum Gasteiger partial charge on any atom is 0.129 e. The number of hydrogen-bond donors (Lipinski definition) is 1. The Morgan fingerprint density at radius 2 is 2.15 bits per heavy atom. The molecule has 1 aliphatic rings. The van der Waals surface area contributed by atoms with Gasteiger partial charge in [0.1, 0.15) is 18.2 Å². The molecule has 1 unspecified atom stereocenters. The summed E-state index contributed by atoms with van der Waals surface area (Å²) in [5.41, 5.74) is 2.04. The first-order valence-corrected chi connectivity index (χ1v) is 6.84. The van der Waals surface area contributed by atoms with E-state index in [1.807, 2.05) is 30.3 Å². The number of benzene rings is 1. The third kappa shape index (κ3) is 2.60. The van der Waals surface area contributed by atoms with Crippen LogP contribution in [-0.4, -0.2) is 23.2 Å². The number of pyridine rings is 1. The predicted octanol–water partition coefficient (Wildman–Crippen LogP) is 2.53. The van der Waals surface area contributed by atoms with Crippen LogP contribution in [0, 0.1) is 0 Å². The van der Waals surface area contributed by atoms with Gasteiger partial charge in [0.15, 0.2) is 0 Å². The summed E-state index contributed by atoms with van der Waals surface area (Å²) in [6.07, 6.45) is 1.27. The molecule has 104 valence electrons. The van der Waals surface area contributed by atoms with Crippen LogP contribution in [0.25, 0.3) is 0 Å². The summed E-state index contributed by atoms with van der Waals surface area (Å²) in [5.74, 6) is 1.82. The fraction of sp³-hybridized carbons (Fsp3) is 0.312. The number of aliphatic hydroxyl groups excluding tert-OH is 1. The van der Waals surface area contributed by atoms with E-state index < -0.39 is 6.10 Å². The van der Waals surface area contributed by atoms with Crippen LogP contribution in [0.15, 0.2) is 42.6 Å². The molecule has 0 amide bonds. The zero-order chi connectivity index (χ0) is 13.9. The topological polar surface area (TPSA) is 45.6 Å². The van der Waals surface area contributed by atoms with E-state index in [-0.39, 0.29) is 0 Å². The second-order valence-electron chi connectivity index (χ2n) is 5.00. The second-order valence-corrected chi connectivity index (χ2v) is 5.00. The smallest absolute Gasteiger partial charge is 0.129 e. The van der Waals surface area contributed by atoms with E-state index in [4.69, 9.17) is 4.74 Å². The molecular weight excluding hydrogens is 252 g/mol. The molecule has 1 aliphatic heterocycles. The first kappa shape index (κ1) is 12.9. The standard InChI is InChI=1S/C16H18N2O2/c1-12(19)13-6-7-17-16(10-13)18-8-9-20-15-5-3-2-4-14(15)11-18/h2-7,10,12,19H,8-9,11H2,1H3. The summed E-state index contributed by atoms with van der Waals surface area (Å²) < 4.78 is 5.76. The van der Waals surface area contributed by atoms with Gasteiger partial charge in [-0.1, -0.05) is 18.2 Å². The number of para-hydroxylation sites is 1. The molecule has 1 aromatic heterocycles. The molecule has 2 aromatic rings. The van der Waals surface area contributed by atoms with Crippen LogP contribution in [0.1, 0.15) is 24.2 Å². The summed E-state index contributed by atoms with van der Waals surface area (Å²) in [6, 6.07) is 11.9. The summed E-state index contributed by atoms with van der Waals surface area (Å²) in [4.78, 5) is 6.60. The number of rotatable bonds is 2. The molecule has 1 N–H and O–H groups in total. The Labute approximate surface area is 118 Å². The highest BCUT2D eigenvalue weighted by molar-refractivity contribution is 5.45. The number of aromatic nitrogens is 1. The Balaban J connectivity index is 1.89. The summed E-state index contributed by atoms with van der Waals surface area (Å²) in [5, 5.41) is 9.69. The molecular formula is C16H18N2O2. The maximum atomic E-state index is 9.69. The lowest BCUT2D eigenvalue weighted by Crippen LogP contribution is -2.26. The molecule has 3 rings (SSSR count). The summed E-state index contributed by atoms with van der Waals surface area (Å²) >= 11 is 0. The van der Waals surface area contributed by atoms with Crippen LogP contribution in [0.3, 0.4) is 0 Å². The van der Waals surface area contributed by atoms with Crippen molar-refractivity contribution in [3.63, 3.8) is 0 Å². The second kappa shape index (κ2) is 5.51. The molecule has 0 saturated carbocycles. The molecule has 0 saturated heterocycles. The SMILES string of the molecule is CC(O)c1ccnc(N2CCOc3ccccc3C2)c1. The van der Waals surface area contributed by atoms with Crippen molar-refractivity contribution in [2.75, 3.05) is 18.1 Å². The van der Waals surface area contributed by atoms with Crippen molar-refractivity contribution >= 4 is 5.82 Å². The highest BCUT2D eigenvalue weighted by Gasteiger charge is 2.16. The van der Waals surface area contributed by atoms with E-state index in [0.717, 1.165) is 35.8 Å². The fourth-order valence-electron chi connectivity index (χ4n) is 2.39. The minimum Gasteiger partial charge on any atom is -0.491 e. The molecule has 1 atom stereocenters. The highest BCUT2D eigenvalue weighted by Crippen LogP contribution is 2.26. The quantitative estimate of drug-likeness (QED) is 0.911. The van der Waals surface area contributed by atoms with Crippen molar-refractivity contribution in [1.29, 1.82) is 0 Å². The van der Waals surface area contributed by atoms with Gasteiger partial charge in [0.25, 0.3) is 0 Å². The van der Waals surface area contributed by atoms with Crippen molar-refractivity contribution in [2.24, 2.45) is 0 Å². The lowest BCUT2D eigenvalue weighted by Gasteiger charge is -2.21. The molecule has 4 heteroatoms. The molecule has 2 heterocycles. The van der Waals surface area contributed by atoms with Crippen molar-refractivity contribution in [3.05, 3.63) is 53.7 Å². The van der Waals surface area contributed by atoms with E-state index in [1.54, 1.807) is 13.1 Å². The number of nitrogens with zero attached hydrogens (tertiary/aromatic N) is 2. The van der Waals surface area contributed by atoms with Crippen molar-refractivity contribution in [2.45, 2.75) is 19.6 Å². The molecule has 0 bridgehead atoms. The zero-order valence-electron chi connectivity index (χ0n) is 11.5. The lowest BCUT2D eigenvalue weighted by molar-refractivity contribution is 0.199. The average molecular weight is 270 g/mol. The van der Waals surface area contributed by atoms with Gasteiger partial charge in [-0.05, 0) is 30.7 Å². The van der Waals surface area contributed by atoms with Gasteiger partial charge in [-0.25, -0.2) is 4.98 Å². The van der Waals surface area contributed by atoms with Crippen LogP contribution in [0.4, 0.5) is 5.82 Å². The largest absolute Gasteiger partial charge is 0.491 e. The average Bonchev–Trinajstić information content (AvgIpc) is 2.69. The third-order valence-corrected chi connectivity index (χ3v) is 3.53. The molecule has 1 aromatic carbocycles. The first-order valence-electron chi connectivity index (χ1n) is 6.84. The number of fused-ring (bicyclic) bond motifs is 1. The van der Waals surface area contributed by atoms with Gasteiger partial charge in [-0.2, -0.15) is 0 Å². The number of anilines is 1. The number of ether oxygens (including phenoxy) is 1. The Kier molecular flexibility index (Phi) is 3.56. The van der Waals surface area contributed by atoms with Gasteiger partial charge in [-0.3, -0.25) is 0 Å². The maximum absolute atomic E-state index is 9.69. The highest BCUT2D eigenvalue weighted by atomic mass is 16.5. The monoisotopic (exact) mass is 270 g/mol. The van der Waals surface area contributed by atoms with Gasteiger partial charge in [-0.15, -0.1) is 0 Å². The van der Waals surface area contributed by atoms with Gasteiger partial charge >= 0.3 is 0 Å². The van der Waals surface area contributed by atoms with E-state index >= 15 is 0 Å². The molecule has 20 heavy (non-hydrogen) atoms. The van der Waals surface area contributed by atoms with E-state index in [2.05, 4.69) is 16.0 Å². The molecule has 0 fully saturated rings. The van der Waals surface area contributed by atoms with Gasteiger partial charge < -0.3 is 14.7 Å². The Hall–Kier alpha value is -2.07. The van der Waals surface area contributed by atoms with Gasteiger partial charge in [0.2, 0.25) is 0 Å². The van der Waals surface area contributed by atoms with Crippen LogP contribution in [0.2, 0.25) is 0 Å². The van der Waals surface area contributed by atoms with Crippen molar-refractivity contribution < 1.29 is 9.84 Å². The third-order valence-electron chi connectivity index (χ3n) is 3.53. The molecule has 4 nitrogen and oxygen atoms in total. The molecule has 0 radical (unpaired) electrons. The number of hydrogen-bond acceptors (Lipinski definition) is 4. The van der Waals surface area contributed by atoms with E-state index in [1.165, 1.54) is 0 Å². The van der Waals surface area contributed by atoms with Crippen LogP contribution < -0.4 is 9.64 Å². The van der Waals surface area contributed by atoms with Crippen molar-refractivity contribution in [1.82, 2.24) is 4.98 Å². The molecule has 0 aliphatic carbocycles. The molecule has 0 spiro atoms. The van der Waals surface area contributed by atoms with Crippen LogP contribution in [0.5, 0.6) is 5.75 Å².